The molecule has 0 spiro atoms. The summed E-state index contributed by atoms with van der Waals surface area (Å²) in [5.41, 5.74) is 0.630. The van der Waals surface area contributed by atoms with Crippen molar-refractivity contribution in [2.24, 2.45) is 0 Å². The van der Waals surface area contributed by atoms with Crippen molar-refractivity contribution in [1.82, 2.24) is 19.1 Å². The highest BCUT2D eigenvalue weighted by Gasteiger charge is 2.44. The topological polar surface area (TPSA) is 199 Å². The number of rotatable bonds is 9. The van der Waals surface area contributed by atoms with Gasteiger partial charge >= 0.3 is 22.9 Å². The fourth-order valence-electron chi connectivity index (χ4n) is 3.63. The lowest BCUT2D eigenvalue weighted by atomic mass is 10.1. The zero-order chi connectivity index (χ0) is 25.8. The Bertz CT molecular complexity index is 1290. The molecule has 5 unspecified atom stereocenters. The van der Waals surface area contributed by atoms with Crippen molar-refractivity contribution in [3.63, 3.8) is 0 Å². The van der Waals surface area contributed by atoms with Crippen LogP contribution in [0.25, 0.3) is 11.1 Å². The van der Waals surface area contributed by atoms with Gasteiger partial charge in [0.25, 0.3) is 5.56 Å². The van der Waals surface area contributed by atoms with E-state index in [1.807, 2.05) is 6.07 Å². The fraction of sp³-hybridized carbons (Fsp3) is 0.300. The third kappa shape index (κ3) is 6.07. The van der Waals surface area contributed by atoms with Crippen LogP contribution in [0.3, 0.4) is 0 Å². The third-order valence-electron chi connectivity index (χ3n) is 5.33. The highest BCUT2D eigenvalue weighted by Crippen LogP contribution is 2.46. The summed E-state index contributed by atoms with van der Waals surface area (Å²) in [4.78, 5) is 60.9. The molecular weight excluding hydrogens is 518 g/mol. The van der Waals surface area contributed by atoms with Crippen LogP contribution >= 0.6 is 17.2 Å². The van der Waals surface area contributed by atoms with Crippen LogP contribution in [0.1, 0.15) is 11.9 Å². The summed E-state index contributed by atoms with van der Waals surface area (Å²) in [5, 5.41) is 20.8. The molecule has 4 heterocycles. The van der Waals surface area contributed by atoms with Crippen molar-refractivity contribution in [3.05, 3.63) is 81.7 Å². The lowest BCUT2D eigenvalue weighted by Gasteiger charge is -2.19. The molecule has 0 bridgehead atoms. The molecule has 1 fully saturated rings. The molecule has 1 aliphatic rings. The van der Waals surface area contributed by atoms with Gasteiger partial charge in [0.05, 0.1) is 18.8 Å². The zero-order valence-corrected chi connectivity index (χ0v) is 20.2. The normalized spacial score (nSPS) is 22.7. The summed E-state index contributed by atoms with van der Waals surface area (Å²) >= 11 is 0. The van der Waals surface area contributed by atoms with Gasteiger partial charge < -0.3 is 34.2 Å². The quantitative estimate of drug-likeness (QED) is 0.220. The molecule has 0 radical (unpaired) electrons. The molecule has 3 aromatic rings. The van der Waals surface area contributed by atoms with Crippen LogP contribution in [0.5, 0.6) is 0 Å². The molecule has 4 rings (SSSR count). The number of aliphatic hydroxyl groups excluding tert-OH is 2. The molecule has 5 N–H and O–H groups in total. The maximum atomic E-state index is 13.2. The number of hydrogen-bond donors (Lipinski definition) is 5. The number of pyridine rings is 2. The van der Waals surface area contributed by atoms with Crippen molar-refractivity contribution in [2.75, 3.05) is 6.61 Å². The van der Waals surface area contributed by atoms with Gasteiger partial charge in [-0.2, -0.15) is 0 Å². The van der Waals surface area contributed by atoms with Crippen molar-refractivity contribution in [1.29, 1.82) is 0 Å². The highest BCUT2D eigenvalue weighted by molar-refractivity contribution is 7.54. The van der Waals surface area contributed by atoms with E-state index in [0.29, 0.717) is 5.69 Å². The minimum Gasteiger partial charge on any atom is -0.387 e. The standard InChI is InChI=1S/C20H22N4O10P2/c25-16-4-7-23(19-18(27)17(26)15(33-19)11-32-36(31)34-35(29)30)20(28)24(16)10-14-8-12(3-6-22-14)13-2-1-5-21-9-13/h1-9,15,17-19,26-27,29-31H,10-11H2. The maximum Gasteiger partial charge on any atom is 0.337 e. The van der Waals surface area contributed by atoms with Gasteiger partial charge in [-0.3, -0.25) is 23.9 Å². The average molecular weight is 540 g/mol. The second-order valence-corrected chi connectivity index (χ2v) is 9.51. The molecule has 0 saturated carbocycles. The van der Waals surface area contributed by atoms with Gasteiger partial charge in [-0.05, 0) is 23.8 Å². The molecule has 0 aliphatic carbocycles. The summed E-state index contributed by atoms with van der Waals surface area (Å²) in [6, 6.07) is 8.24. The first-order chi connectivity index (χ1) is 17.2. The highest BCUT2D eigenvalue weighted by atomic mass is 31.2. The molecule has 16 heteroatoms. The number of aromatic nitrogens is 4. The number of hydrogen-bond acceptors (Lipinski definition) is 12. The molecule has 0 amide bonds. The van der Waals surface area contributed by atoms with E-state index in [4.69, 9.17) is 19.0 Å². The molecule has 192 valence electrons. The van der Waals surface area contributed by atoms with Crippen LogP contribution in [0.4, 0.5) is 0 Å². The monoisotopic (exact) mass is 540 g/mol. The van der Waals surface area contributed by atoms with E-state index in [9.17, 15) is 24.7 Å². The van der Waals surface area contributed by atoms with Gasteiger partial charge in [0, 0.05) is 36.4 Å². The van der Waals surface area contributed by atoms with Gasteiger partial charge in [0.1, 0.15) is 18.3 Å². The summed E-state index contributed by atoms with van der Waals surface area (Å²) in [6.07, 6.45) is 0.330. The molecule has 5 atom stereocenters. The Morgan fingerprint density at radius 2 is 1.86 bits per heavy atom. The van der Waals surface area contributed by atoms with Crippen LogP contribution in [0, 0.1) is 0 Å². The number of nitrogens with zero attached hydrogens (tertiary/aromatic N) is 4. The Kier molecular flexibility index (Phi) is 8.65. The van der Waals surface area contributed by atoms with Crippen molar-refractivity contribution < 1.29 is 38.5 Å². The van der Waals surface area contributed by atoms with Gasteiger partial charge in [-0.25, -0.2) is 9.11 Å². The fourth-order valence-corrected chi connectivity index (χ4v) is 4.59. The maximum absolute atomic E-state index is 13.2. The average Bonchev–Trinajstić information content (AvgIpc) is 3.14. The Morgan fingerprint density at radius 1 is 1.06 bits per heavy atom. The van der Waals surface area contributed by atoms with E-state index in [1.165, 1.54) is 0 Å². The Labute approximate surface area is 205 Å². The van der Waals surface area contributed by atoms with E-state index in [-0.39, 0.29) is 6.54 Å². The smallest absolute Gasteiger partial charge is 0.337 e. The second-order valence-electron chi connectivity index (χ2n) is 7.62. The predicted octanol–water partition coefficient (Wildman–Crippen LogP) is -0.402. The van der Waals surface area contributed by atoms with Gasteiger partial charge in [0.2, 0.25) is 0 Å². The number of aliphatic hydroxyl groups is 2. The van der Waals surface area contributed by atoms with E-state index < -0.39 is 59.6 Å². The van der Waals surface area contributed by atoms with E-state index in [2.05, 4.69) is 14.3 Å². The first-order valence-electron chi connectivity index (χ1n) is 10.4. The van der Waals surface area contributed by atoms with Crippen LogP contribution < -0.4 is 11.2 Å². The second kappa shape index (κ2) is 11.7. The van der Waals surface area contributed by atoms with Gasteiger partial charge in [-0.15, -0.1) is 0 Å². The lowest BCUT2D eigenvalue weighted by molar-refractivity contribution is -0.0530. The van der Waals surface area contributed by atoms with Crippen LogP contribution in [0.15, 0.2) is 64.7 Å². The number of ether oxygens (including phenoxy) is 1. The molecule has 1 aliphatic heterocycles. The van der Waals surface area contributed by atoms with Crippen LogP contribution in [-0.4, -0.2) is 68.9 Å². The molecular formula is C20H22N4O10P2. The van der Waals surface area contributed by atoms with Gasteiger partial charge in [0.15, 0.2) is 6.23 Å². The first-order valence-corrected chi connectivity index (χ1v) is 12.7. The zero-order valence-electron chi connectivity index (χ0n) is 18.4. The van der Waals surface area contributed by atoms with E-state index in [0.717, 1.165) is 32.5 Å². The van der Waals surface area contributed by atoms with Crippen molar-refractivity contribution >= 4 is 17.2 Å². The minimum atomic E-state index is -2.86. The molecule has 0 aromatic carbocycles. The van der Waals surface area contributed by atoms with Crippen molar-refractivity contribution in [2.45, 2.75) is 31.1 Å². The summed E-state index contributed by atoms with van der Waals surface area (Å²) in [5.74, 6) is 0. The lowest BCUT2D eigenvalue weighted by Crippen LogP contribution is -2.43. The summed E-state index contributed by atoms with van der Waals surface area (Å²) in [7, 11) is -5.53. The molecule has 3 aromatic heterocycles. The van der Waals surface area contributed by atoms with E-state index >= 15 is 0 Å². The van der Waals surface area contributed by atoms with Crippen molar-refractivity contribution in [3.8, 4) is 11.1 Å². The Balaban J connectivity index is 1.54. The minimum absolute atomic E-state index is 0.165. The van der Waals surface area contributed by atoms with Crippen LogP contribution in [0.2, 0.25) is 0 Å². The van der Waals surface area contributed by atoms with E-state index in [1.54, 1.807) is 36.8 Å². The van der Waals surface area contributed by atoms with Gasteiger partial charge in [-0.1, -0.05) is 6.07 Å². The molecule has 36 heavy (non-hydrogen) atoms. The molecule has 14 nitrogen and oxygen atoms in total. The van der Waals surface area contributed by atoms with Crippen LogP contribution in [-0.2, 0) is 20.1 Å². The first kappa shape index (κ1) is 26.6. The summed E-state index contributed by atoms with van der Waals surface area (Å²) in [6.45, 7) is -0.651. The Morgan fingerprint density at radius 3 is 2.58 bits per heavy atom. The SMILES string of the molecule is O=c1ccn(C2OC(COP(O)OP(O)O)C(O)C2O)c(=O)n1Cc1cc(-c2cccnc2)ccn1. The summed E-state index contributed by atoms with van der Waals surface area (Å²) < 4.78 is 16.6. The molecule has 1 saturated heterocycles. The third-order valence-corrected chi connectivity index (χ3v) is 6.84. The Hall–Kier alpha value is -2.48. The largest absolute Gasteiger partial charge is 0.387 e. The predicted molar refractivity (Wildman–Crippen MR) is 125 cm³/mol.